The van der Waals surface area contributed by atoms with Gasteiger partial charge in [0, 0.05) is 13.0 Å². The van der Waals surface area contributed by atoms with E-state index in [1.807, 2.05) is 0 Å². The van der Waals surface area contributed by atoms with Crippen molar-refractivity contribution in [2.24, 2.45) is 0 Å². The monoisotopic (exact) mass is 214 g/mol. The van der Waals surface area contributed by atoms with E-state index in [9.17, 15) is 0 Å². The highest BCUT2D eigenvalue weighted by Gasteiger charge is 2.12. The molecule has 0 fully saturated rings. The lowest BCUT2D eigenvalue weighted by molar-refractivity contribution is 0.267. The molecule has 0 saturated heterocycles. The van der Waals surface area contributed by atoms with Gasteiger partial charge in [0.25, 0.3) is 0 Å². The summed E-state index contributed by atoms with van der Waals surface area (Å²) in [6, 6.07) is 10.9. The van der Waals surface area contributed by atoms with Crippen LogP contribution < -0.4 is 0 Å². The lowest BCUT2D eigenvalue weighted by atomic mass is 10.0. The number of benzene rings is 1. The van der Waals surface area contributed by atoms with E-state index in [1.54, 1.807) is 0 Å². The van der Waals surface area contributed by atoms with Crippen LogP contribution in [-0.4, -0.2) is 18.0 Å². The van der Waals surface area contributed by atoms with Gasteiger partial charge in [0.2, 0.25) is 0 Å². The molecular formula is C14H18N2. The Morgan fingerprint density at radius 3 is 2.88 bits per heavy atom. The molecule has 84 valence electrons. The predicted molar refractivity (Wildman–Crippen MR) is 64.9 cm³/mol. The number of unbranched alkanes of at least 4 members (excludes halogenated alkanes) is 1. The molecule has 0 spiro atoms. The molecule has 1 aliphatic rings. The third-order valence-electron chi connectivity index (χ3n) is 3.20. The second-order valence-corrected chi connectivity index (χ2v) is 4.41. The van der Waals surface area contributed by atoms with Crippen molar-refractivity contribution in [1.82, 2.24) is 4.90 Å². The van der Waals surface area contributed by atoms with Crippen molar-refractivity contribution in [3.05, 3.63) is 35.4 Å². The maximum absolute atomic E-state index is 8.54. The molecule has 0 unspecified atom stereocenters. The molecule has 2 heteroatoms. The molecule has 0 amide bonds. The fourth-order valence-corrected chi connectivity index (χ4v) is 2.34. The van der Waals surface area contributed by atoms with E-state index in [2.05, 4.69) is 35.2 Å². The average molecular weight is 214 g/mol. The molecule has 16 heavy (non-hydrogen) atoms. The van der Waals surface area contributed by atoms with Gasteiger partial charge in [-0.2, -0.15) is 5.26 Å². The molecule has 2 nitrogen and oxygen atoms in total. The van der Waals surface area contributed by atoms with E-state index in [-0.39, 0.29) is 0 Å². The number of nitrogens with zero attached hydrogens (tertiary/aromatic N) is 2. The number of fused-ring (bicyclic) bond motifs is 1. The average Bonchev–Trinajstić information content (AvgIpc) is 2.51. The number of hydrogen-bond acceptors (Lipinski definition) is 2. The van der Waals surface area contributed by atoms with Gasteiger partial charge in [-0.15, -0.1) is 0 Å². The second kappa shape index (κ2) is 5.67. The van der Waals surface area contributed by atoms with E-state index < -0.39 is 0 Å². The lowest BCUT2D eigenvalue weighted by Gasteiger charge is -2.19. The predicted octanol–water partition coefficient (Wildman–Crippen LogP) is 2.74. The standard InChI is InChI=1S/C14H18N2/c15-9-3-4-10-16-11-5-8-13-6-1-2-7-14(13)12-16/h1-2,6-7H,3-5,8,10-12H2. The molecular weight excluding hydrogens is 196 g/mol. The van der Waals surface area contributed by atoms with E-state index in [4.69, 9.17) is 5.26 Å². The Hall–Kier alpha value is -1.33. The maximum atomic E-state index is 8.54. The van der Waals surface area contributed by atoms with Gasteiger partial charge in [-0.05, 0) is 43.5 Å². The third-order valence-corrected chi connectivity index (χ3v) is 3.20. The van der Waals surface area contributed by atoms with E-state index in [0.29, 0.717) is 6.42 Å². The largest absolute Gasteiger partial charge is 0.299 e. The van der Waals surface area contributed by atoms with Crippen molar-refractivity contribution < 1.29 is 0 Å². The minimum absolute atomic E-state index is 0.679. The summed E-state index contributed by atoms with van der Waals surface area (Å²) in [5.74, 6) is 0. The van der Waals surface area contributed by atoms with Crippen LogP contribution in [0.15, 0.2) is 24.3 Å². The molecule has 1 aromatic carbocycles. The van der Waals surface area contributed by atoms with Crippen molar-refractivity contribution in [3.8, 4) is 6.07 Å². The van der Waals surface area contributed by atoms with Crippen LogP contribution in [0.5, 0.6) is 0 Å². The molecule has 1 heterocycles. The quantitative estimate of drug-likeness (QED) is 0.723. The van der Waals surface area contributed by atoms with Crippen molar-refractivity contribution in [2.75, 3.05) is 13.1 Å². The van der Waals surface area contributed by atoms with Gasteiger partial charge in [0.15, 0.2) is 0 Å². The van der Waals surface area contributed by atoms with Gasteiger partial charge in [-0.25, -0.2) is 0 Å². The molecule has 1 aromatic rings. The fourth-order valence-electron chi connectivity index (χ4n) is 2.34. The van der Waals surface area contributed by atoms with Gasteiger partial charge in [0.1, 0.15) is 0 Å². The first-order valence-corrected chi connectivity index (χ1v) is 6.06. The zero-order chi connectivity index (χ0) is 11.2. The minimum atomic E-state index is 0.679. The molecule has 0 N–H and O–H groups in total. The number of nitriles is 1. The van der Waals surface area contributed by atoms with E-state index in [0.717, 1.165) is 19.5 Å². The normalized spacial score (nSPS) is 16.2. The summed E-state index contributed by atoms with van der Waals surface area (Å²) in [6.07, 6.45) is 4.12. The Kier molecular flexibility index (Phi) is 3.96. The van der Waals surface area contributed by atoms with Crippen molar-refractivity contribution in [1.29, 1.82) is 5.26 Å². The summed E-state index contributed by atoms with van der Waals surface area (Å²) in [7, 11) is 0. The highest BCUT2D eigenvalue weighted by atomic mass is 15.1. The van der Waals surface area contributed by atoms with Crippen LogP contribution in [0.25, 0.3) is 0 Å². The topological polar surface area (TPSA) is 27.0 Å². The van der Waals surface area contributed by atoms with Gasteiger partial charge in [0.05, 0.1) is 6.07 Å². The Morgan fingerprint density at radius 1 is 1.25 bits per heavy atom. The van der Waals surface area contributed by atoms with Crippen LogP contribution in [0.2, 0.25) is 0 Å². The maximum Gasteiger partial charge on any atom is 0.0622 e. The summed E-state index contributed by atoms with van der Waals surface area (Å²) in [5.41, 5.74) is 2.97. The van der Waals surface area contributed by atoms with Gasteiger partial charge in [-0.3, -0.25) is 4.90 Å². The molecule has 0 radical (unpaired) electrons. The van der Waals surface area contributed by atoms with Crippen LogP contribution >= 0.6 is 0 Å². The van der Waals surface area contributed by atoms with Crippen LogP contribution in [-0.2, 0) is 13.0 Å². The highest BCUT2D eigenvalue weighted by molar-refractivity contribution is 5.27. The molecule has 0 bridgehead atoms. The number of rotatable bonds is 3. The van der Waals surface area contributed by atoms with Crippen molar-refractivity contribution >= 4 is 0 Å². The lowest BCUT2D eigenvalue weighted by Crippen LogP contribution is -2.24. The summed E-state index contributed by atoms with van der Waals surface area (Å²) in [6.45, 7) is 3.28. The van der Waals surface area contributed by atoms with Gasteiger partial charge >= 0.3 is 0 Å². The van der Waals surface area contributed by atoms with Crippen LogP contribution in [0.1, 0.15) is 30.4 Å². The Morgan fingerprint density at radius 2 is 2.06 bits per heavy atom. The molecule has 2 rings (SSSR count). The first kappa shape index (κ1) is 11.2. The van der Waals surface area contributed by atoms with Gasteiger partial charge < -0.3 is 0 Å². The van der Waals surface area contributed by atoms with Crippen molar-refractivity contribution in [2.45, 2.75) is 32.2 Å². The first-order chi connectivity index (χ1) is 7.90. The highest BCUT2D eigenvalue weighted by Crippen LogP contribution is 2.18. The van der Waals surface area contributed by atoms with Crippen molar-refractivity contribution in [3.63, 3.8) is 0 Å². The van der Waals surface area contributed by atoms with Gasteiger partial charge in [-0.1, -0.05) is 24.3 Å². The summed E-state index contributed by atoms with van der Waals surface area (Å²) < 4.78 is 0. The minimum Gasteiger partial charge on any atom is -0.299 e. The number of aryl methyl sites for hydroxylation is 1. The first-order valence-electron chi connectivity index (χ1n) is 6.06. The van der Waals surface area contributed by atoms with E-state index in [1.165, 1.54) is 30.5 Å². The SMILES string of the molecule is N#CCCCN1CCCc2ccccc2C1. The fraction of sp³-hybridized carbons (Fsp3) is 0.500. The Balaban J connectivity index is 1.97. The molecule has 1 aliphatic heterocycles. The summed E-state index contributed by atoms with van der Waals surface area (Å²) in [5, 5.41) is 8.54. The Labute approximate surface area is 97.5 Å². The van der Waals surface area contributed by atoms with E-state index >= 15 is 0 Å². The van der Waals surface area contributed by atoms with Crippen LogP contribution in [0.4, 0.5) is 0 Å². The Bertz CT molecular complexity index is 379. The van der Waals surface area contributed by atoms with Crippen LogP contribution in [0, 0.1) is 11.3 Å². The smallest absolute Gasteiger partial charge is 0.0622 e. The summed E-state index contributed by atoms with van der Waals surface area (Å²) >= 11 is 0. The summed E-state index contributed by atoms with van der Waals surface area (Å²) in [4.78, 5) is 2.48. The molecule has 0 saturated carbocycles. The third kappa shape index (κ3) is 2.84. The zero-order valence-electron chi connectivity index (χ0n) is 9.65. The molecule has 0 aromatic heterocycles. The number of hydrogen-bond donors (Lipinski definition) is 0. The molecule has 0 aliphatic carbocycles. The molecule has 0 atom stereocenters. The zero-order valence-corrected chi connectivity index (χ0v) is 9.65. The van der Waals surface area contributed by atoms with Crippen LogP contribution in [0.3, 0.4) is 0 Å². The second-order valence-electron chi connectivity index (χ2n) is 4.41.